The van der Waals surface area contributed by atoms with Gasteiger partial charge in [0.05, 0.1) is 50.8 Å². The van der Waals surface area contributed by atoms with Crippen LogP contribution in [0.5, 0.6) is 0 Å². The highest BCUT2D eigenvalue weighted by Crippen LogP contribution is 2.47. The van der Waals surface area contributed by atoms with E-state index in [0.29, 0.717) is 40.2 Å². The number of thiazole rings is 2. The van der Waals surface area contributed by atoms with E-state index in [0.717, 1.165) is 27.4 Å². The van der Waals surface area contributed by atoms with E-state index >= 15 is 0 Å². The van der Waals surface area contributed by atoms with Gasteiger partial charge in [-0.15, -0.1) is 0 Å². The normalized spacial score (nSPS) is 25.1. The first kappa shape index (κ1) is 41.4. The Labute approximate surface area is 300 Å². The summed E-state index contributed by atoms with van der Waals surface area (Å²) in [7, 11) is 0. The maximum atomic E-state index is 12.7. The van der Waals surface area contributed by atoms with E-state index in [2.05, 4.69) is 40.7 Å². The quantitative estimate of drug-likeness (QED) is 0.194. The number of hydrogen-bond acceptors (Lipinski definition) is 15. The van der Waals surface area contributed by atoms with Gasteiger partial charge in [-0.1, -0.05) is 58.3 Å². The molecular formula is C33H54N8O7S2. The summed E-state index contributed by atoms with van der Waals surface area (Å²) in [5, 5.41) is 30.4. The Morgan fingerprint density at radius 2 is 1.10 bits per heavy atom. The van der Waals surface area contributed by atoms with E-state index in [1.807, 2.05) is 6.92 Å². The number of aliphatic hydroxyl groups excluding tert-OH is 2. The summed E-state index contributed by atoms with van der Waals surface area (Å²) in [5.41, 5.74) is 12.6. The van der Waals surface area contributed by atoms with Gasteiger partial charge in [0.1, 0.15) is 12.5 Å². The van der Waals surface area contributed by atoms with Gasteiger partial charge in [-0.05, 0) is 59.8 Å². The largest absolute Gasteiger partial charge is 0.391 e. The summed E-state index contributed by atoms with van der Waals surface area (Å²) >= 11 is 2.13. The predicted octanol–water partition coefficient (Wildman–Crippen LogP) is 4.15. The third-order valence-electron chi connectivity index (χ3n) is 9.19. The van der Waals surface area contributed by atoms with E-state index in [4.69, 9.17) is 20.9 Å². The minimum absolute atomic E-state index is 0. The van der Waals surface area contributed by atoms with Crippen LogP contribution in [0.25, 0.3) is 20.7 Å². The molecular weight excluding hydrogens is 685 g/mol. The Morgan fingerprint density at radius 3 is 1.44 bits per heavy atom. The number of rotatable bonds is 5. The predicted molar refractivity (Wildman–Crippen MR) is 198 cm³/mol. The molecule has 8 atom stereocenters. The standard InChI is InChI=1S/C16H24N4O3S.C15H22N4O4S.2CH4/c1-7-11-12(19-14(17)18-7)20(15(22)24-11)13-9(16(3,4)5)6-10(23-13)8(2)21;1-6-10-11(18-13(16)17-6)19(14(21)24-10)12-8(15(3,4)22)5-9(23-12)7(2)20;;/h8-10,13,21H,6H2,1-5H3,(H2,17,18,19);7-9,12,20,22H,5H2,1-4H3,(H2,16,17,18);2*1H4/t8-,9?,10-,13?;7-,8?,9-,12?;;/m00../s1. The molecule has 2 saturated heterocycles. The van der Waals surface area contributed by atoms with Gasteiger partial charge in [0, 0.05) is 11.8 Å². The number of ether oxygens (including phenoxy) is 2. The minimum atomic E-state index is -1.09. The van der Waals surface area contributed by atoms with E-state index < -0.39 is 36.4 Å². The van der Waals surface area contributed by atoms with Gasteiger partial charge < -0.3 is 36.3 Å². The fourth-order valence-electron chi connectivity index (χ4n) is 6.51. The molecule has 0 aromatic carbocycles. The molecule has 2 aliphatic heterocycles. The lowest BCUT2D eigenvalue weighted by atomic mass is 9.77. The van der Waals surface area contributed by atoms with Crippen molar-refractivity contribution in [2.45, 2.75) is 132 Å². The van der Waals surface area contributed by atoms with Crippen molar-refractivity contribution in [1.29, 1.82) is 0 Å². The van der Waals surface area contributed by atoms with Crippen molar-refractivity contribution in [3.63, 3.8) is 0 Å². The lowest BCUT2D eigenvalue weighted by Crippen LogP contribution is -2.37. The van der Waals surface area contributed by atoms with Crippen molar-refractivity contribution in [1.82, 2.24) is 29.1 Å². The van der Waals surface area contributed by atoms with Crippen LogP contribution in [0.1, 0.15) is 100 Å². The first-order chi connectivity index (χ1) is 22.2. The SMILES string of the molecule is C.C.Cc1nc(N)nc2c1sc(=O)n2C1O[C@H]([C@H](C)O)CC1C(C)(C)C.Cc1nc(N)nc2c1sc(=O)n2C1O[C@H]([C@H](C)O)CC1C(C)(C)O. The fraction of sp³-hybridized carbons (Fsp3) is 0.697. The molecule has 4 aromatic rings. The van der Waals surface area contributed by atoms with Gasteiger partial charge in [-0.25, -0.2) is 9.97 Å². The van der Waals surface area contributed by atoms with Gasteiger partial charge in [-0.3, -0.25) is 18.7 Å². The van der Waals surface area contributed by atoms with Gasteiger partial charge in [0.2, 0.25) is 11.9 Å². The van der Waals surface area contributed by atoms with Crippen LogP contribution in [-0.4, -0.2) is 74.4 Å². The Bertz CT molecular complexity index is 1780. The molecule has 0 saturated carbocycles. The van der Waals surface area contributed by atoms with Crippen LogP contribution in [0.4, 0.5) is 11.9 Å². The third kappa shape index (κ3) is 7.88. The number of fused-ring (bicyclic) bond motifs is 2. The van der Waals surface area contributed by atoms with Crippen molar-refractivity contribution < 1.29 is 24.8 Å². The lowest BCUT2D eigenvalue weighted by molar-refractivity contribution is -0.0848. The van der Waals surface area contributed by atoms with Crippen LogP contribution < -0.4 is 21.2 Å². The summed E-state index contributed by atoms with van der Waals surface area (Å²) in [5.74, 6) is -0.0754. The molecule has 15 nitrogen and oxygen atoms in total. The number of nitrogen functional groups attached to an aromatic ring is 2. The molecule has 0 aliphatic carbocycles. The van der Waals surface area contributed by atoms with Crippen molar-refractivity contribution in [2.24, 2.45) is 17.3 Å². The Morgan fingerprint density at radius 1 is 0.740 bits per heavy atom. The number of aliphatic hydroxyl groups is 3. The average Bonchev–Trinajstić information content (AvgIpc) is 3.71. The van der Waals surface area contributed by atoms with Gasteiger partial charge in [0.15, 0.2) is 11.3 Å². The van der Waals surface area contributed by atoms with Crippen LogP contribution in [0.2, 0.25) is 0 Å². The number of anilines is 2. The summed E-state index contributed by atoms with van der Waals surface area (Å²) in [4.78, 5) is 41.6. The molecule has 2 fully saturated rings. The first-order valence-electron chi connectivity index (χ1n) is 15.9. The number of aromatic nitrogens is 6. The van der Waals surface area contributed by atoms with Crippen LogP contribution >= 0.6 is 22.7 Å². The van der Waals surface area contributed by atoms with Crippen LogP contribution in [0, 0.1) is 31.1 Å². The van der Waals surface area contributed by atoms with Crippen molar-refractivity contribution in [3.8, 4) is 0 Å². The van der Waals surface area contributed by atoms with E-state index in [1.165, 1.54) is 4.57 Å². The topological polar surface area (TPSA) is 227 Å². The summed E-state index contributed by atoms with van der Waals surface area (Å²) in [6.45, 7) is 16.6. The highest BCUT2D eigenvalue weighted by molar-refractivity contribution is 7.16. The summed E-state index contributed by atoms with van der Waals surface area (Å²) < 4.78 is 16.4. The van der Waals surface area contributed by atoms with Gasteiger partial charge >= 0.3 is 9.75 Å². The molecule has 280 valence electrons. The Kier molecular flexibility index (Phi) is 12.3. The molecule has 4 unspecified atom stereocenters. The molecule has 4 aromatic heterocycles. The second-order valence-electron chi connectivity index (χ2n) is 14.4. The third-order valence-corrected chi connectivity index (χ3v) is 11.3. The fourth-order valence-corrected chi connectivity index (χ4v) is 8.30. The van der Waals surface area contributed by atoms with E-state index in [9.17, 15) is 24.9 Å². The Balaban J connectivity index is 0.000000260. The smallest absolute Gasteiger partial charge is 0.311 e. The number of nitrogens with two attached hydrogens (primary N) is 2. The van der Waals surface area contributed by atoms with Crippen LogP contribution in [0.15, 0.2) is 9.59 Å². The average molecular weight is 739 g/mol. The highest BCUT2D eigenvalue weighted by atomic mass is 32.1. The van der Waals surface area contributed by atoms with Crippen molar-refractivity contribution in [2.75, 3.05) is 11.5 Å². The van der Waals surface area contributed by atoms with Gasteiger partial charge in [-0.2, -0.15) is 9.97 Å². The highest BCUT2D eigenvalue weighted by Gasteiger charge is 2.47. The zero-order valence-electron chi connectivity index (χ0n) is 28.7. The summed E-state index contributed by atoms with van der Waals surface area (Å²) in [6, 6.07) is 0. The second kappa shape index (κ2) is 14.9. The lowest BCUT2D eigenvalue weighted by Gasteiger charge is -2.31. The number of hydrogen-bond donors (Lipinski definition) is 5. The molecule has 6 heterocycles. The molecule has 0 amide bonds. The van der Waals surface area contributed by atoms with Crippen molar-refractivity contribution >= 4 is 55.3 Å². The van der Waals surface area contributed by atoms with E-state index in [-0.39, 0.29) is 59.9 Å². The molecule has 17 heteroatoms. The second-order valence-corrected chi connectivity index (χ2v) is 16.4. The zero-order valence-corrected chi connectivity index (χ0v) is 30.3. The maximum absolute atomic E-state index is 12.7. The first-order valence-corrected chi connectivity index (χ1v) is 17.5. The number of nitrogens with zero attached hydrogens (tertiary/aromatic N) is 6. The zero-order chi connectivity index (χ0) is 35.6. The van der Waals surface area contributed by atoms with Crippen molar-refractivity contribution in [3.05, 3.63) is 30.7 Å². The maximum Gasteiger partial charge on any atom is 0.311 e. The number of aryl methyl sites for hydroxylation is 2. The molecule has 50 heavy (non-hydrogen) atoms. The molecule has 0 bridgehead atoms. The monoisotopic (exact) mass is 738 g/mol. The summed E-state index contributed by atoms with van der Waals surface area (Å²) in [6.07, 6.45) is -2.14. The van der Waals surface area contributed by atoms with E-state index in [1.54, 1.807) is 39.2 Å². The molecule has 0 spiro atoms. The molecule has 6 rings (SSSR count). The van der Waals surface area contributed by atoms with Gasteiger partial charge in [0.25, 0.3) is 0 Å². The minimum Gasteiger partial charge on any atom is -0.391 e. The molecule has 2 aliphatic rings. The Hall–Kier alpha value is -3.06. The van der Waals surface area contributed by atoms with Crippen LogP contribution in [-0.2, 0) is 9.47 Å². The van der Waals surface area contributed by atoms with Crippen LogP contribution in [0.3, 0.4) is 0 Å². The molecule has 0 radical (unpaired) electrons. The molecule has 7 N–H and O–H groups in total.